The number of nitro groups is 1. The van der Waals surface area contributed by atoms with Crippen LogP contribution in [0.25, 0.3) is 10.9 Å². The summed E-state index contributed by atoms with van der Waals surface area (Å²) in [6, 6.07) is 6.73. The van der Waals surface area contributed by atoms with Crippen molar-refractivity contribution in [1.82, 2.24) is 4.98 Å². The highest BCUT2D eigenvalue weighted by atomic mass is 16.6. The Kier molecular flexibility index (Phi) is 4.11. The van der Waals surface area contributed by atoms with Gasteiger partial charge >= 0.3 is 0 Å². The van der Waals surface area contributed by atoms with E-state index in [1.54, 1.807) is 24.4 Å². The molecule has 2 aromatic rings. The van der Waals surface area contributed by atoms with Gasteiger partial charge in [-0.1, -0.05) is 27.7 Å². The van der Waals surface area contributed by atoms with Gasteiger partial charge in [-0.05, 0) is 29.5 Å². The number of pyridine rings is 1. The molecule has 0 atom stereocenters. The van der Waals surface area contributed by atoms with E-state index >= 15 is 0 Å². The maximum Gasteiger partial charge on any atom is 0.278 e. The zero-order chi connectivity index (χ0) is 15.6. The molecule has 0 aliphatic heterocycles. The van der Waals surface area contributed by atoms with Crippen LogP contribution in [0.15, 0.2) is 30.5 Å². The molecule has 0 amide bonds. The smallest absolute Gasteiger partial charge is 0.278 e. The third-order valence-electron chi connectivity index (χ3n) is 4.24. The molecular formula is C16H21N3O2. The predicted octanol–water partition coefficient (Wildman–Crippen LogP) is 4.24. The lowest BCUT2D eigenvalue weighted by molar-refractivity contribution is -0.383. The summed E-state index contributed by atoms with van der Waals surface area (Å²) < 4.78 is 0. The average Bonchev–Trinajstić information content (AvgIpc) is 2.44. The van der Waals surface area contributed by atoms with Crippen molar-refractivity contribution in [2.75, 3.05) is 11.9 Å². The Balaban J connectivity index is 2.38. The van der Waals surface area contributed by atoms with Crippen LogP contribution in [0, 0.1) is 21.4 Å². The number of nitrogens with zero attached hydrogens (tertiary/aromatic N) is 2. The number of non-ortho nitro benzene ring substituents is 1. The maximum absolute atomic E-state index is 11.1. The molecule has 5 nitrogen and oxygen atoms in total. The van der Waals surface area contributed by atoms with Crippen LogP contribution >= 0.6 is 0 Å². The fourth-order valence-electron chi connectivity index (χ4n) is 1.99. The third-order valence-corrected chi connectivity index (χ3v) is 4.24. The molecule has 1 heterocycles. The molecule has 0 spiro atoms. The maximum atomic E-state index is 11.1. The normalized spacial score (nSPS) is 11.9. The zero-order valence-electron chi connectivity index (χ0n) is 12.9. The van der Waals surface area contributed by atoms with Crippen molar-refractivity contribution < 1.29 is 4.92 Å². The van der Waals surface area contributed by atoms with E-state index in [1.807, 2.05) is 0 Å². The molecule has 0 aliphatic carbocycles. The Morgan fingerprint density at radius 3 is 2.67 bits per heavy atom. The van der Waals surface area contributed by atoms with Gasteiger partial charge in [0.05, 0.1) is 16.0 Å². The van der Waals surface area contributed by atoms with Gasteiger partial charge in [0, 0.05) is 18.8 Å². The average molecular weight is 287 g/mol. The summed E-state index contributed by atoms with van der Waals surface area (Å²) in [7, 11) is 0. The summed E-state index contributed by atoms with van der Waals surface area (Å²) in [5, 5.41) is 15.0. The summed E-state index contributed by atoms with van der Waals surface area (Å²) >= 11 is 0. The second-order valence-corrected chi connectivity index (χ2v) is 6.29. The molecule has 0 aliphatic rings. The van der Waals surface area contributed by atoms with Gasteiger partial charge in [-0.15, -0.1) is 0 Å². The SMILES string of the molecule is CC(C)C(C)(C)CNc1ccc([N+](=O)[O-])c2cccnc12. The second kappa shape index (κ2) is 5.68. The van der Waals surface area contributed by atoms with Crippen LogP contribution in [0.3, 0.4) is 0 Å². The molecule has 2 rings (SSSR count). The number of nitrogens with one attached hydrogen (secondary N) is 1. The second-order valence-electron chi connectivity index (χ2n) is 6.29. The van der Waals surface area contributed by atoms with E-state index in [1.165, 1.54) is 6.07 Å². The lowest BCUT2D eigenvalue weighted by Crippen LogP contribution is -2.28. The molecule has 0 bridgehead atoms. The standard InChI is InChI=1S/C16H21N3O2/c1-11(2)16(3,4)10-18-13-7-8-14(19(20)21)12-6-5-9-17-15(12)13/h5-9,11,18H,10H2,1-4H3. The van der Waals surface area contributed by atoms with Crippen molar-refractivity contribution in [2.45, 2.75) is 27.7 Å². The summed E-state index contributed by atoms with van der Waals surface area (Å²) in [6.45, 7) is 9.56. The highest BCUT2D eigenvalue weighted by Gasteiger charge is 2.23. The van der Waals surface area contributed by atoms with Gasteiger partial charge in [-0.3, -0.25) is 15.1 Å². The largest absolute Gasteiger partial charge is 0.383 e. The molecule has 0 saturated carbocycles. The Labute approximate surface area is 124 Å². The number of anilines is 1. The summed E-state index contributed by atoms with van der Waals surface area (Å²) in [4.78, 5) is 15.0. The first-order chi connectivity index (χ1) is 9.83. The zero-order valence-corrected chi connectivity index (χ0v) is 12.9. The van der Waals surface area contributed by atoms with Gasteiger partial charge in [0.2, 0.25) is 0 Å². The Morgan fingerprint density at radius 1 is 1.33 bits per heavy atom. The van der Waals surface area contributed by atoms with E-state index < -0.39 is 0 Å². The van der Waals surface area contributed by atoms with Crippen LogP contribution in [0.5, 0.6) is 0 Å². The molecule has 0 unspecified atom stereocenters. The van der Waals surface area contributed by atoms with E-state index in [0.717, 1.165) is 12.2 Å². The first-order valence-corrected chi connectivity index (χ1v) is 7.09. The van der Waals surface area contributed by atoms with Crippen molar-refractivity contribution in [3.8, 4) is 0 Å². The van der Waals surface area contributed by atoms with Gasteiger partial charge in [-0.25, -0.2) is 0 Å². The van der Waals surface area contributed by atoms with E-state index in [2.05, 4.69) is 38.0 Å². The first kappa shape index (κ1) is 15.2. The molecular weight excluding hydrogens is 266 g/mol. The van der Waals surface area contributed by atoms with Gasteiger partial charge < -0.3 is 5.32 Å². The fraction of sp³-hybridized carbons (Fsp3) is 0.438. The lowest BCUT2D eigenvalue weighted by atomic mass is 9.81. The third kappa shape index (κ3) is 3.12. The molecule has 1 N–H and O–H groups in total. The summed E-state index contributed by atoms with van der Waals surface area (Å²) in [6.07, 6.45) is 1.66. The molecule has 0 radical (unpaired) electrons. The molecule has 0 fully saturated rings. The van der Waals surface area contributed by atoms with Crippen LogP contribution in [-0.2, 0) is 0 Å². The first-order valence-electron chi connectivity index (χ1n) is 7.09. The molecule has 1 aromatic carbocycles. The van der Waals surface area contributed by atoms with Crippen LogP contribution < -0.4 is 5.32 Å². The number of fused-ring (bicyclic) bond motifs is 1. The lowest BCUT2D eigenvalue weighted by Gasteiger charge is -2.30. The van der Waals surface area contributed by atoms with Gasteiger partial charge in [0.1, 0.15) is 5.52 Å². The number of nitro benzene ring substituents is 1. The van der Waals surface area contributed by atoms with Crippen LogP contribution in [0.2, 0.25) is 0 Å². The van der Waals surface area contributed by atoms with Crippen LogP contribution in [0.4, 0.5) is 11.4 Å². The molecule has 21 heavy (non-hydrogen) atoms. The minimum absolute atomic E-state index is 0.0896. The highest BCUT2D eigenvalue weighted by molar-refractivity contribution is 5.96. The molecule has 0 saturated heterocycles. The van der Waals surface area contributed by atoms with E-state index in [-0.39, 0.29) is 16.0 Å². The summed E-state index contributed by atoms with van der Waals surface area (Å²) in [5.74, 6) is 0.530. The molecule has 5 heteroatoms. The Hall–Kier alpha value is -2.17. The topological polar surface area (TPSA) is 68.1 Å². The predicted molar refractivity (Wildman–Crippen MR) is 85.5 cm³/mol. The van der Waals surface area contributed by atoms with E-state index in [4.69, 9.17) is 0 Å². The van der Waals surface area contributed by atoms with Gasteiger partial charge in [0.15, 0.2) is 0 Å². The summed E-state index contributed by atoms with van der Waals surface area (Å²) in [5.41, 5.74) is 1.70. The Morgan fingerprint density at radius 2 is 2.05 bits per heavy atom. The van der Waals surface area contributed by atoms with Crippen LogP contribution in [0.1, 0.15) is 27.7 Å². The van der Waals surface area contributed by atoms with Gasteiger partial charge in [-0.2, -0.15) is 0 Å². The van der Waals surface area contributed by atoms with E-state index in [0.29, 0.717) is 16.8 Å². The number of aromatic nitrogens is 1. The minimum Gasteiger partial charge on any atom is -0.383 e. The van der Waals surface area contributed by atoms with Crippen molar-refractivity contribution in [2.24, 2.45) is 11.3 Å². The Bertz CT molecular complexity index is 666. The van der Waals surface area contributed by atoms with Crippen molar-refractivity contribution in [1.29, 1.82) is 0 Å². The number of hydrogen-bond acceptors (Lipinski definition) is 4. The molecule has 112 valence electrons. The molecule has 1 aromatic heterocycles. The van der Waals surface area contributed by atoms with Crippen LogP contribution in [-0.4, -0.2) is 16.5 Å². The van der Waals surface area contributed by atoms with Crippen molar-refractivity contribution in [3.63, 3.8) is 0 Å². The highest BCUT2D eigenvalue weighted by Crippen LogP contribution is 2.32. The van der Waals surface area contributed by atoms with Gasteiger partial charge in [0.25, 0.3) is 5.69 Å². The fourth-order valence-corrected chi connectivity index (χ4v) is 1.99. The number of benzene rings is 1. The number of hydrogen-bond donors (Lipinski definition) is 1. The number of rotatable bonds is 5. The monoisotopic (exact) mass is 287 g/mol. The van der Waals surface area contributed by atoms with Crippen molar-refractivity contribution in [3.05, 3.63) is 40.6 Å². The quantitative estimate of drug-likeness (QED) is 0.659. The van der Waals surface area contributed by atoms with E-state index in [9.17, 15) is 10.1 Å². The minimum atomic E-state index is -0.369. The van der Waals surface area contributed by atoms with Crippen molar-refractivity contribution >= 4 is 22.3 Å².